The molecule has 2 aliphatic rings. The Morgan fingerprint density at radius 3 is 2.44 bits per heavy atom. The average Bonchev–Trinajstić information content (AvgIpc) is 2.89. The maximum absolute atomic E-state index is 10.2. The van der Waals surface area contributed by atoms with E-state index in [2.05, 4.69) is 59.5 Å². The van der Waals surface area contributed by atoms with Gasteiger partial charge in [-0.25, -0.2) is 0 Å². The number of ether oxygens (including phenoxy) is 1. The highest BCUT2D eigenvalue weighted by Crippen LogP contribution is 2.47. The second kappa shape index (κ2) is 11.3. The highest BCUT2D eigenvalue weighted by Gasteiger charge is 2.33. The first-order valence-electron chi connectivity index (χ1n) is 12.7. The van der Waals surface area contributed by atoms with Crippen LogP contribution in [0.15, 0.2) is 77.7 Å². The molecule has 0 spiro atoms. The molecule has 1 fully saturated rings. The van der Waals surface area contributed by atoms with Crippen LogP contribution in [0.2, 0.25) is 0 Å². The summed E-state index contributed by atoms with van der Waals surface area (Å²) in [5.41, 5.74) is 3.62. The van der Waals surface area contributed by atoms with Crippen molar-refractivity contribution >= 4 is 11.8 Å². The molecule has 3 nitrogen and oxygen atoms in total. The molecular weight excluding hydrogens is 438 g/mol. The minimum atomic E-state index is 0.154. The predicted molar refractivity (Wildman–Crippen MR) is 141 cm³/mol. The molecule has 0 amide bonds. The van der Waals surface area contributed by atoms with Crippen molar-refractivity contribution < 1.29 is 9.84 Å². The summed E-state index contributed by atoms with van der Waals surface area (Å²) < 4.78 is 6.12. The van der Waals surface area contributed by atoms with Crippen molar-refractivity contribution in [3.63, 3.8) is 0 Å². The number of hydrogen-bond acceptors (Lipinski definition) is 4. The molecule has 0 saturated carbocycles. The number of rotatable bonds is 8. The van der Waals surface area contributed by atoms with Gasteiger partial charge in [0.25, 0.3) is 0 Å². The van der Waals surface area contributed by atoms with Gasteiger partial charge in [-0.1, -0.05) is 48.9 Å². The summed E-state index contributed by atoms with van der Waals surface area (Å²) >= 11 is 1.96. The van der Waals surface area contributed by atoms with Crippen molar-refractivity contribution in [2.45, 2.75) is 48.8 Å². The van der Waals surface area contributed by atoms with Crippen LogP contribution in [0.25, 0.3) is 0 Å². The van der Waals surface area contributed by atoms with Crippen LogP contribution < -0.4 is 4.74 Å². The van der Waals surface area contributed by atoms with Crippen molar-refractivity contribution in [3.05, 3.63) is 89.5 Å². The first-order valence-corrected chi connectivity index (χ1v) is 13.7. The summed E-state index contributed by atoms with van der Waals surface area (Å²) in [6.45, 7) is 4.49. The van der Waals surface area contributed by atoms with Crippen molar-refractivity contribution in [1.29, 1.82) is 0 Å². The molecule has 2 atom stereocenters. The summed E-state index contributed by atoms with van der Waals surface area (Å²) in [6.07, 6.45) is 6.74. The van der Waals surface area contributed by atoms with Gasteiger partial charge in [-0.2, -0.15) is 0 Å². The number of nitrogens with zero attached hydrogens (tertiary/aromatic N) is 1. The Balaban J connectivity index is 1.26. The van der Waals surface area contributed by atoms with E-state index in [1.165, 1.54) is 73.5 Å². The zero-order valence-electron chi connectivity index (χ0n) is 19.9. The molecule has 5 rings (SSSR count). The van der Waals surface area contributed by atoms with Gasteiger partial charge in [0.1, 0.15) is 11.5 Å². The van der Waals surface area contributed by atoms with Gasteiger partial charge < -0.3 is 14.7 Å². The maximum Gasteiger partial charge on any atom is 0.123 e. The second-order valence-electron chi connectivity index (χ2n) is 9.55. The van der Waals surface area contributed by atoms with Crippen molar-refractivity contribution in [1.82, 2.24) is 4.90 Å². The van der Waals surface area contributed by atoms with Crippen LogP contribution in [0, 0.1) is 0 Å². The molecule has 0 aromatic heterocycles. The van der Waals surface area contributed by atoms with Crippen molar-refractivity contribution in [2.75, 3.05) is 32.0 Å². The van der Waals surface area contributed by atoms with Gasteiger partial charge in [0.15, 0.2) is 0 Å². The number of aromatic hydroxyl groups is 1. The standard InChI is InChI=1S/C30H35NO2S/c32-25-13-16-29-27(21-25)30(28(22-33-29)23-9-3-1-4-10-23)24-11-14-26(15-12-24)34-20-8-7-19-31-17-5-2-6-18-31/h1,3-4,9-16,21,28,30,32H,2,5-8,17-20,22H2. The molecule has 3 aromatic rings. The van der Waals surface area contributed by atoms with Gasteiger partial charge >= 0.3 is 0 Å². The maximum atomic E-state index is 10.2. The zero-order valence-corrected chi connectivity index (χ0v) is 20.7. The largest absolute Gasteiger partial charge is 0.508 e. The number of thioether (sulfide) groups is 1. The first-order chi connectivity index (χ1) is 16.8. The predicted octanol–water partition coefficient (Wildman–Crippen LogP) is 7.06. The highest BCUT2D eigenvalue weighted by atomic mass is 32.2. The number of phenolic OH excluding ortho intramolecular Hbond substituents is 1. The van der Waals surface area contributed by atoms with Crippen LogP contribution in [0.3, 0.4) is 0 Å². The van der Waals surface area contributed by atoms with Crippen molar-refractivity contribution in [2.24, 2.45) is 0 Å². The molecule has 0 bridgehead atoms. The number of likely N-dealkylation sites (tertiary alicyclic amines) is 1. The summed E-state index contributed by atoms with van der Waals surface area (Å²) in [7, 11) is 0. The van der Waals surface area contributed by atoms with Crippen LogP contribution in [-0.2, 0) is 0 Å². The Morgan fingerprint density at radius 2 is 1.65 bits per heavy atom. The van der Waals surface area contributed by atoms with E-state index in [1.54, 1.807) is 6.07 Å². The van der Waals surface area contributed by atoms with E-state index in [-0.39, 0.29) is 17.6 Å². The van der Waals surface area contributed by atoms with E-state index < -0.39 is 0 Å². The number of benzene rings is 3. The van der Waals surface area contributed by atoms with Gasteiger partial charge in [0, 0.05) is 22.3 Å². The molecule has 1 N–H and O–H groups in total. The van der Waals surface area contributed by atoms with Crippen LogP contribution in [0.5, 0.6) is 11.5 Å². The Bertz CT molecular complexity index is 1050. The topological polar surface area (TPSA) is 32.7 Å². The lowest BCUT2D eigenvalue weighted by atomic mass is 9.76. The lowest BCUT2D eigenvalue weighted by Crippen LogP contribution is -2.30. The molecule has 34 heavy (non-hydrogen) atoms. The molecule has 3 aromatic carbocycles. The fraction of sp³-hybridized carbons (Fsp3) is 0.400. The van der Waals surface area contributed by atoms with E-state index in [1.807, 2.05) is 23.9 Å². The molecule has 2 aliphatic heterocycles. The van der Waals surface area contributed by atoms with E-state index >= 15 is 0 Å². The Hall–Kier alpha value is -2.43. The third-order valence-electron chi connectivity index (χ3n) is 7.20. The molecule has 2 heterocycles. The Morgan fingerprint density at radius 1 is 0.853 bits per heavy atom. The van der Waals surface area contributed by atoms with Crippen LogP contribution in [0.4, 0.5) is 0 Å². The number of unbranched alkanes of at least 4 members (excludes halogenated alkanes) is 1. The van der Waals surface area contributed by atoms with E-state index in [4.69, 9.17) is 4.74 Å². The van der Waals surface area contributed by atoms with Gasteiger partial charge in [0.05, 0.1) is 6.61 Å². The fourth-order valence-corrected chi connectivity index (χ4v) is 6.30. The first kappa shape index (κ1) is 23.3. The summed E-state index contributed by atoms with van der Waals surface area (Å²) in [4.78, 5) is 3.97. The lowest BCUT2D eigenvalue weighted by molar-refractivity contribution is 0.226. The van der Waals surface area contributed by atoms with E-state index in [9.17, 15) is 5.11 Å². The molecule has 1 saturated heterocycles. The van der Waals surface area contributed by atoms with Crippen molar-refractivity contribution in [3.8, 4) is 11.5 Å². The molecule has 178 valence electrons. The normalized spacial score (nSPS) is 20.5. The van der Waals surface area contributed by atoms with E-state index in [0.717, 1.165) is 11.3 Å². The minimum absolute atomic E-state index is 0.154. The SMILES string of the molecule is Oc1ccc2c(c1)C(c1ccc(SCCCCN3CCCCC3)cc1)C(c1ccccc1)CO2. The summed E-state index contributed by atoms with van der Waals surface area (Å²) in [6, 6.07) is 25.2. The lowest BCUT2D eigenvalue weighted by Gasteiger charge is -2.34. The average molecular weight is 474 g/mol. The monoisotopic (exact) mass is 473 g/mol. The van der Waals surface area contributed by atoms with Crippen LogP contribution >= 0.6 is 11.8 Å². The molecule has 4 heteroatoms. The van der Waals surface area contributed by atoms with Gasteiger partial charge in [0.2, 0.25) is 0 Å². The molecular formula is C30H35NO2S. The van der Waals surface area contributed by atoms with Gasteiger partial charge in [-0.15, -0.1) is 11.8 Å². The number of fused-ring (bicyclic) bond motifs is 1. The van der Waals surface area contributed by atoms with Crippen LogP contribution in [0.1, 0.15) is 60.6 Å². The Kier molecular flexibility index (Phi) is 7.77. The third-order valence-corrected chi connectivity index (χ3v) is 8.30. The summed E-state index contributed by atoms with van der Waals surface area (Å²) in [5.74, 6) is 2.71. The minimum Gasteiger partial charge on any atom is -0.508 e. The second-order valence-corrected chi connectivity index (χ2v) is 10.7. The fourth-order valence-electron chi connectivity index (χ4n) is 5.39. The number of hydrogen-bond donors (Lipinski definition) is 1. The quantitative estimate of drug-likeness (QED) is 0.280. The smallest absolute Gasteiger partial charge is 0.123 e. The molecule has 0 radical (unpaired) electrons. The van der Waals surface area contributed by atoms with Gasteiger partial charge in [-0.05, 0) is 92.5 Å². The number of piperidine rings is 1. The molecule has 2 unspecified atom stereocenters. The third kappa shape index (κ3) is 5.61. The molecule has 0 aliphatic carbocycles. The van der Waals surface area contributed by atoms with E-state index in [0.29, 0.717) is 6.61 Å². The zero-order chi connectivity index (χ0) is 23.2. The van der Waals surface area contributed by atoms with Crippen LogP contribution in [-0.4, -0.2) is 42.0 Å². The number of phenols is 1. The highest BCUT2D eigenvalue weighted by molar-refractivity contribution is 7.99. The van der Waals surface area contributed by atoms with Gasteiger partial charge in [-0.3, -0.25) is 0 Å². The summed E-state index contributed by atoms with van der Waals surface area (Å²) in [5, 5.41) is 10.2. The Labute approximate surface area is 208 Å².